The number of carbonyl (C=O) groups is 3. The van der Waals surface area contributed by atoms with Gasteiger partial charge in [0.05, 0.1) is 23.2 Å². The second kappa shape index (κ2) is 6.84. The molecule has 25 heavy (non-hydrogen) atoms. The number of non-ortho nitro benzene ring substituents is 1. The highest BCUT2D eigenvalue weighted by molar-refractivity contribution is 6.05. The van der Waals surface area contributed by atoms with Crippen LogP contribution in [0, 0.1) is 22.0 Å². The number of likely N-dealkylation sites (tertiary alicyclic amines) is 1. The van der Waals surface area contributed by atoms with Crippen molar-refractivity contribution in [2.24, 2.45) is 11.8 Å². The molecule has 8 nitrogen and oxygen atoms in total. The monoisotopic (exact) mass is 344 g/mol. The fourth-order valence-corrected chi connectivity index (χ4v) is 3.11. The standard InChI is InChI=1S/C17H16N2O6/c20-15(25-12-7-5-11(6-8-12)19(23)24)9-10-18-16(21)13-3-1-2-4-14(13)17(18)22/h1-2,5-8,13-14H,3-4,9-10H2. The van der Waals surface area contributed by atoms with Gasteiger partial charge in [-0.05, 0) is 25.0 Å². The van der Waals surface area contributed by atoms with Crippen molar-refractivity contribution in [2.75, 3.05) is 6.54 Å². The molecule has 0 saturated carbocycles. The van der Waals surface area contributed by atoms with Crippen molar-refractivity contribution in [3.63, 3.8) is 0 Å². The number of allylic oxidation sites excluding steroid dienone is 2. The van der Waals surface area contributed by atoms with Gasteiger partial charge >= 0.3 is 5.97 Å². The molecule has 8 heteroatoms. The van der Waals surface area contributed by atoms with E-state index >= 15 is 0 Å². The molecule has 1 saturated heterocycles. The summed E-state index contributed by atoms with van der Waals surface area (Å²) >= 11 is 0. The first-order valence-corrected chi connectivity index (χ1v) is 7.92. The van der Waals surface area contributed by atoms with E-state index in [0.29, 0.717) is 12.8 Å². The van der Waals surface area contributed by atoms with E-state index in [1.807, 2.05) is 12.2 Å². The third kappa shape index (κ3) is 3.42. The molecule has 0 aromatic heterocycles. The summed E-state index contributed by atoms with van der Waals surface area (Å²) in [5.74, 6) is -1.54. The molecule has 1 aliphatic heterocycles. The van der Waals surface area contributed by atoms with Crippen LogP contribution >= 0.6 is 0 Å². The third-order valence-electron chi connectivity index (χ3n) is 4.42. The van der Waals surface area contributed by atoms with E-state index in [1.54, 1.807) is 0 Å². The molecule has 1 aromatic rings. The first-order valence-electron chi connectivity index (χ1n) is 7.92. The van der Waals surface area contributed by atoms with Gasteiger partial charge in [-0.1, -0.05) is 12.2 Å². The number of hydrogen-bond acceptors (Lipinski definition) is 6. The lowest BCUT2D eigenvalue weighted by Crippen LogP contribution is -2.33. The van der Waals surface area contributed by atoms with Gasteiger partial charge < -0.3 is 4.74 Å². The summed E-state index contributed by atoms with van der Waals surface area (Å²) in [6, 6.07) is 5.10. The maximum absolute atomic E-state index is 12.3. The van der Waals surface area contributed by atoms with E-state index in [-0.39, 0.29) is 48.1 Å². The van der Waals surface area contributed by atoms with Crippen molar-refractivity contribution in [2.45, 2.75) is 19.3 Å². The normalized spacial score (nSPS) is 22.0. The quantitative estimate of drug-likeness (QED) is 0.201. The summed E-state index contributed by atoms with van der Waals surface area (Å²) in [4.78, 5) is 47.6. The number of nitro benzene ring substituents is 1. The minimum absolute atomic E-state index is 0.0174. The Bertz CT molecular complexity index is 729. The van der Waals surface area contributed by atoms with Gasteiger partial charge in [0.25, 0.3) is 5.69 Å². The predicted octanol–water partition coefficient (Wildman–Crippen LogP) is 1.84. The van der Waals surface area contributed by atoms with Crippen molar-refractivity contribution in [3.8, 4) is 5.75 Å². The SMILES string of the molecule is O=C(CCN1C(=O)C2CC=CCC2C1=O)Oc1ccc([N+](=O)[O-])cc1. The summed E-state index contributed by atoms with van der Waals surface area (Å²) in [7, 11) is 0. The minimum atomic E-state index is -0.609. The van der Waals surface area contributed by atoms with Crippen molar-refractivity contribution in [1.29, 1.82) is 0 Å². The predicted molar refractivity (Wildman–Crippen MR) is 85.4 cm³/mol. The highest BCUT2D eigenvalue weighted by Crippen LogP contribution is 2.35. The van der Waals surface area contributed by atoms with Gasteiger partial charge in [0, 0.05) is 18.7 Å². The number of amides is 2. The molecule has 3 rings (SSSR count). The van der Waals surface area contributed by atoms with Gasteiger partial charge in [-0.15, -0.1) is 0 Å². The van der Waals surface area contributed by atoms with E-state index in [0.717, 1.165) is 4.90 Å². The maximum Gasteiger partial charge on any atom is 0.312 e. The molecule has 0 N–H and O–H groups in total. The highest BCUT2D eigenvalue weighted by atomic mass is 16.6. The van der Waals surface area contributed by atoms with Crippen molar-refractivity contribution in [1.82, 2.24) is 4.90 Å². The van der Waals surface area contributed by atoms with Crippen LogP contribution in [0.25, 0.3) is 0 Å². The van der Waals surface area contributed by atoms with E-state index < -0.39 is 10.9 Å². The second-order valence-corrected chi connectivity index (χ2v) is 5.96. The lowest BCUT2D eigenvalue weighted by molar-refractivity contribution is -0.384. The molecular weight excluding hydrogens is 328 g/mol. The van der Waals surface area contributed by atoms with Crippen molar-refractivity contribution < 1.29 is 24.0 Å². The summed E-state index contributed by atoms with van der Waals surface area (Å²) in [6.45, 7) is -0.0174. The first-order chi connectivity index (χ1) is 12.0. The Morgan fingerprint density at radius 2 is 1.68 bits per heavy atom. The topological polar surface area (TPSA) is 107 Å². The molecule has 1 heterocycles. The number of nitrogens with zero attached hydrogens (tertiary/aromatic N) is 2. The Morgan fingerprint density at radius 3 is 2.20 bits per heavy atom. The van der Waals surface area contributed by atoms with Gasteiger partial charge in [0.15, 0.2) is 0 Å². The van der Waals surface area contributed by atoms with Gasteiger partial charge in [0.2, 0.25) is 11.8 Å². The number of esters is 1. The number of carbonyl (C=O) groups excluding carboxylic acids is 3. The van der Waals surface area contributed by atoms with Gasteiger partial charge in [0.1, 0.15) is 5.75 Å². The molecule has 2 unspecified atom stereocenters. The highest BCUT2D eigenvalue weighted by Gasteiger charge is 2.46. The molecule has 2 atom stereocenters. The Hall–Kier alpha value is -3.03. The van der Waals surface area contributed by atoms with Crippen LogP contribution < -0.4 is 4.74 Å². The minimum Gasteiger partial charge on any atom is -0.426 e. The second-order valence-electron chi connectivity index (χ2n) is 5.96. The number of hydrogen-bond donors (Lipinski definition) is 0. The maximum atomic E-state index is 12.3. The number of benzene rings is 1. The lowest BCUT2D eigenvalue weighted by atomic mass is 9.85. The molecule has 0 bridgehead atoms. The molecule has 2 aliphatic rings. The molecule has 1 aliphatic carbocycles. The fraction of sp³-hybridized carbons (Fsp3) is 0.353. The van der Waals surface area contributed by atoms with Gasteiger partial charge in [-0.2, -0.15) is 0 Å². The Morgan fingerprint density at radius 1 is 1.12 bits per heavy atom. The van der Waals surface area contributed by atoms with E-state index in [4.69, 9.17) is 4.74 Å². The van der Waals surface area contributed by atoms with Crippen molar-refractivity contribution in [3.05, 3.63) is 46.5 Å². The molecular formula is C17H16N2O6. The Labute approximate surface area is 143 Å². The summed E-state index contributed by atoms with van der Waals surface area (Å²) in [6.07, 6.45) is 4.79. The van der Waals surface area contributed by atoms with Crippen LogP contribution in [0.3, 0.4) is 0 Å². The van der Waals surface area contributed by atoms with E-state index in [9.17, 15) is 24.5 Å². The molecule has 0 spiro atoms. The van der Waals surface area contributed by atoms with Crippen LogP contribution in [0.1, 0.15) is 19.3 Å². The number of imide groups is 1. The average Bonchev–Trinajstić information content (AvgIpc) is 2.85. The molecule has 1 aromatic carbocycles. The number of ether oxygens (including phenoxy) is 1. The number of fused-ring (bicyclic) bond motifs is 1. The number of nitro groups is 1. The van der Waals surface area contributed by atoms with Crippen LogP contribution in [0.15, 0.2) is 36.4 Å². The smallest absolute Gasteiger partial charge is 0.312 e. The van der Waals surface area contributed by atoms with Crippen LogP contribution in [0.5, 0.6) is 5.75 Å². The largest absolute Gasteiger partial charge is 0.426 e. The van der Waals surface area contributed by atoms with Crippen molar-refractivity contribution >= 4 is 23.5 Å². The fourth-order valence-electron chi connectivity index (χ4n) is 3.11. The zero-order valence-electron chi connectivity index (χ0n) is 13.3. The van der Waals surface area contributed by atoms with Gasteiger partial charge in [-0.25, -0.2) is 0 Å². The average molecular weight is 344 g/mol. The van der Waals surface area contributed by atoms with Crippen LogP contribution in [-0.4, -0.2) is 34.2 Å². The summed E-state index contributed by atoms with van der Waals surface area (Å²) in [5.41, 5.74) is -0.107. The number of rotatable bonds is 5. The van der Waals surface area contributed by atoms with Crippen LogP contribution in [-0.2, 0) is 14.4 Å². The molecule has 1 fully saturated rings. The molecule has 2 amide bonds. The Kier molecular flexibility index (Phi) is 4.60. The van der Waals surface area contributed by atoms with Gasteiger partial charge in [-0.3, -0.25) is 29.4 Å². The third-order valence-corrected chi connectivity index (χ3v) is 4.42. The van der Waals surface area contributed by atoms with E-state index in [1.165, 1.54) is 24.3 Å². The first kappa shape index (κ1) is 16.8. The summed E-state index contributed by atoms with van der Waals surface area (Å²) in [5, 5.41) is 10.6. The molecule has 130 valence electrons. The lowest BCUT2D eigenvalue weighted by Gasteiger charge is -2.14. The zero-order chi connectivity index (χ0) is 18.0. The Balaban J connectivity index is 1.55. The summed E-state index contributed by atoms with van der Waals surface area (Å²) < 4.78 is 5.07. The zero-order valence-corrected chi connectivity index (χ0v) is 13.3. The van der Waals surface area contributed by atoms with Crippen LogP contribution in [0.2, 0.25) is 0 Å². The molecule has 0 radical (unpaired) electrons. The van der Waals surface area contributed by atoms with E-state index in [2.05, 4.69) is 0 Å². The van der Waals surface area contributed by atoms with Crippen LogP contribution in [0.4, 0.5) is 5.69 Å².